The van der Waals surface area contributed by atoms with Crippen molar-refractivity contribution in [3.05, 3.63) is 70.6 Å². The second kappa shape index (κ2) is 6.39. The fourth-order valence-corrected chi connectivity index (χ4v) is 2.11. The molecule has 0 aliphatic heterocycles. The molecule has 1 amide bonds. The Morgan fingerprint density at radius 2 is 1.76 bits per heavy atom. The van der Waals surface area contributed by atoms with Crippen LogP contribution in [0.2, 0.25) is 0 Å². The molecule has 0 spiro atoms. The van der Waals surface area contributed by atoms with Crippen LogP contribution in [0.1, 0.15) is 19.4 Å². The summed E-state index contributed by atoms with van der Waals surface area (Å²) in [6, 6.07) is 14.9. The molecular formula is C17H20N2O2. The zero-order chi connectivity index (χ0) is 15.3. The average molecular weight is 284 g/mol. The maximum absolute atomic E-state index is 12.0. The van der Waals surface area contributed by atoms with Crippen molar-refractivity contribution in [3.63, 3.8) is 0 Å². The molecule has 0 aliphatic rings. The van der Waals surface area contributed by atoms with Crippen molar-refractivity contribution >= 4 is 5.91 Å². The molecule has 0 aliphatic carbocycles. The summed E-state index contributed by atoms with van der Waals surface area (Å²) in [4.78, 5) is 23.5. The van der Waals surface area contributed by atoms with Gasteiger partial charge in [0.2, 0.25) is 5.91 Å². The highest BCUT2D eigenvalue weighted by atomic mass is 16.2. The van der Waals surface area contributed by atoms with Gasteiger partial charge in [-0.2, -0.15) is 0 Å². The lowest BCUT2D eigenvalue weighted by molar-refractivity contribution is -0.121. The van der Waals surface area contributed by atoms with Gasteiger partial charge in [-0.05, 0) is 11.6 Å². The molecule has 2 rings (SSSR count). The molecule has 0 atom stereocenters. The van der Waals surface area contributed by atoms with Crippen molar-refractivity contribution in [2.45, 2.75) is 25.8 Å². The van der Waals surface area contributed by atoms with E-state index in [2.05, 4.69) is 19.2 Å². The summed E-state index contributed by atoms with van der Waals surface area (Å²) >= 11 is 0. The van der Waals surface area contributed by atoms with Gasteiger partial charge in [0.25, 0.3) is 5.56 Å². The van der Waals surface area contributed by atoms with E-state index >= 15 is 0 Å². The molecule has 21 heavy (non-hydrogen) atoms. The third kappa shape index (κ3) is 4.05. The largest absolute Gasteiger partial charge is 0.354 e. The zero-order valence-electron chi connectivity index (χ0n) is 12.4. The number of hydrogen-bond acceptors (Lipinski definition) is 2. The molecule has 1 heterocycles. The smallest absolute Gasteiger partial charge is 0.250 e. The van der Waals surface area contributed by atoms with Crippen molar-refractivity contribution in [3.8, 4) is 0 Å². The number of pyridine rings is 1. The van der Waals surface area contributed by atoms with E-state index in [9.17, 15) is 9.59 Å². The van der Waals surface area contributed by atoms with Gasteiger partial charge in [-0.1, -0.05) is 50.2 Å². The number of carbonyl (C=O) groups is 1. The minimum atomic E-state index is -0.171. The van der Waals surface area contributed by atoms with Crippen LogP contribution in [-0.4, -0.2) is 17.0 Å². The molecule has 0 saturated carbocycles. The van der Waals surface area contributed by atoms with Gasteiger partial charge in [0.05, 0.1) is 0 Å². The van der Waals surface area contributed by atoms with Crippen molar-refractivity contribution in [1.82, 2.24) is 9.88 Å². The SMILES string of the molecule is CC(C)(CNC(=O)Cn1ccccc1=O)c1ccccc1. The third-order valence-electron chi connectivity index (χ3n) is 3.50. The van der Waals surface area contributed by atoms with Gasteiger partial charge in [-0.25, -0.2) is 0 Å². The minimum Gasteiger partial charge on any atom is -0.354 e. The Morgan fingerprint density at radius 3 is 2.43 bits per heavy atom. The van der Waals surface area contributed by atoms with Crippen molar-refractivity contribution in [2.24, 2.45) is 0 Å². The third-order valence-corrected chi connectivity index (χ3v) is 3.50. The van der Waals surface area contributed by atoms with E-state index in [1.54, 1.807) is 18.3 Å². The summed E-state index contributed by atoms with van der Waals surface area (Å²) < 4.78 is 1.39. The molecule has 0 bridgehead atoms. The number of aromatic nitrogens is 1. The second-order valence-corrected chi connectivity index (χ2v) is 5.69. The van der Waals surface area contributed by atoms with Gasteiger partial charge in [-0.3, -0.25) is 9.59 Å². The monoisotopic (exact) mass is 284 g/mol. The van der Waals surface area contributed by atoms with E-state index < -0.39 is 0 Å². The lowest BCUT2D eigenvalue weighted by Gasteiger charge is -2.25. The number of hydrogen-bond donors (Lipinski definition) is 1. The van der Waals surface area contributed by atoms with Crippen LogP contribution in [0.25, 0.3) is 0 Å². The van der Waals surface area contributed by atoms with Crippen LogP contribution in [0.5, 0.6) is 0 Å². The highest BCUT2D eigenvalue weighted by molar-refractivity contribution is 5.75. The summed E-state index contributed by atoms with van der Waals surface area (Å²) in [6.07, 6.45) is 1.62. The van der Waals surface area contributed by atoms with E-state index in [1.807, 2.05) is 30.3 Å². The van der Waals surface area contributed by atoms with Crippen molar-refractivity contribution in [2.75, 3.05) is 6.54 Å². The standard InChI is InChI=1S/C17H20N2O2/c1-17(2,14-8-4-3-5-9-14)13-18-15(20)12-19-11-7-6-10-16(19)21/h3-11H,12-13H2,1-2H3,(H,18,20). The highest BCUT2D eigenvalue weighted by Crippen LogP contribution is 2.21. The lowest BCUT2D eigenvalue weighted by Crippen LogP contribution is -2.39. The molecule has 0 unspecified atom stereocenters. The summed E-state index contributed by atoms with van der Waals surface area (Å²) in [5, 5.41) is 2.90. The second-order valence-electron chi connectivity index (χ2n) is 5.69. The lowest BCUT2D eigenvalue weighted by atomic mass is 9.84. The number of benzene rings is 1. The Bertz CT molecular complexity index is 660. The van der Waals surface area contributed by atoms with Gasteiger partial charge >= 0.3 is 0 Å². The molecule has 1 N–H and O–H groups in total. The molecule has 4 heteroatoms. The summed E-state index contributed by atoms with van der Waals surface area (Å²) in [5.41, 5.74) is 0.843. The maximum atomic E-state index is 12.0. The Labute approximate surface area is 124 Å². The zero-order valence-corrected chi connectivity index (χ0v) is 12.4. The molecule has 2 aromatic rings. The molecule has 1 aromatic heterocycles. The molecule has 0 fully saturated rings. The molecule has 4 nitrogen and oxygen atoms in total. The fourth-order valence-electron chi connectivity index (χ4n) is 2.11. The molecule has 0 radical (unpaired) electrons. The first kappa shape index (κ1) is 15.0. The Kier molecular flexibility index (Phi) is 4.58. The Morgan fingerprint density at radius 1 is 1.10 bits per heavy atom. The molecule has 0 saturated heterocycles. The predicted molar refractivity (Wildman–Crippen MR) is 83.2 cm³/mol. The van der Waals surface area contributed by atoms with Gasteiger partial charge in [0, 0.05) is 24.2 Å². The predicted octanol–water partition coefficient (Wildman–Crippen LogP) is 1.94. The number of amides is 1. The Balaban J connectivity index is 1.95. The highest BCUT2D eigenvalue weighted by Gasteiger charge is 2.21. The van der Waals surface area contributed by atoms with Crippen LogP contribution >= 0.6 is 0 Å². The topological polar surface area (TPSA) is 51.1 Å². The Hall–Kier alpha value is -2.36. The van der Waals surface area contributed by atoms with E-state index in [0.29, 0.717) is 6.54 Å². The van der Waals surface area contributed by atoms with Gasteiger partial charge in [-0.15, -0.1) is 0 Å². The number of carbonyl (C=O) groups excluding carboxylic acids is 1. The normalized spacial score (nSPS) is 11.1. The number of rotatable bonds is 5. The van der Waals surface area contributed by atoms with Crippen LogP contribution < -0.4 is 10.9 Å². The summed E-state index contributed by atoms with van der Waals surface area (Å²) in [6.45, 7) is 4.73. The summed E-state index contributed by atoms with van der Waals surface area (Å²) in [7, 11) is 0. The number of nitrogens with one attached hydrogen (secondary N) is 1. The maximum Gasteiger partial charge on any atom is 0.250 e. The number of nitrogens with zero attached hydrogens (tertiary/aromatic N) is 1. The van der Waals surface area contributed by atoms with Crippen LogP contribution in [-0.2, 0) is 16.8 Å². The van der Waals surface area contributed by atoms with Crippen molar-refractivity contribution < 1.29 is 4.79 Å². The van der Waals surface area contributed by atoms with E-state index in [1.165, 1.54) is 16.2 Å². The quantitative estimate of drug-likeness (QED) is 0.912. The van der Waals surface area contributed by atoms with Gasteiger partial charge < -0.3 is 9.88 Å². The van der Waals surface area contributed by atoms with E-state index in [-0.39, 0.29) is 23.4 Å². The van der Waals surface area contributed by atoms with Crippen LogP contribution in [0, 0.1) is 0 Å². The minimum absolute atomic E-state index is 0.0462. The van der Waals surface area contributed by atoms with Crippen LogP contribution in [0.3, 0.4) is 0 Å². The van der Waals surface area contributed by atoms with Crippen LogP contribution in [0.4, 0.5) is 0 Å². The molecule has 110 valence electrons. The van der Waals surface area contributed by atoms with Crippen molar-refractivity contribution in [1.29, 1.82) is 0 Å². The summed E-state index contributed by atoms with van der Waals surface area (Å²) in [5.74, 6) is -0.160. The molecule has 1 aromatic carbocycles. The van der Waals surface area contributed by atoms with Gasteiger partial charge in [0.1, 0.15) is 6.54 Å². The first-order chi connectivity index (χ1) is 9.99. The van der Waals surface area contributed by atoms with E-state index in [4.69, 9.17) is 0 Å². The van der Waals surface area contributed by atoms with Gasteiger partial charge in [0.15, 0.2) is 0 Å². The average Bonchev–Trinajstić information content (AvgIpc) is 2.49. The van der Waals surface area contributed by atoms with E-state index in [0.717, 1.165) is 0 Å². The first-order valence-corrected chi connectivity index (χ1v) is 6.97. The fraction of sp³-hybridized carbons (Fsp3) is 0.294. The van der Waals surface area contributed by atoms with Crippen LogP contribution in [0.15, 0.2) is 59.5 Å². The molecular weight excluding hydrogens is 264 g/mol. The first-order valence-electron chi connectivity index (χ1n) is 6.97.